The molecule has 2 heterocycles. The Balaban J connectivity index is 1.77. The molecule has 0 bridgehead atoms. The van der Waals surface area contributed by atoms with Crippen LogP contribution in [0.15, 0.2) is 24.3 Å². The maximum atomic E-state index is 13.2. The molecule has 26 heavy (non-hydrogen) atoms. The molecular formula is C20H27N3O3. The monoisotopic (exact) mass is 357 g/mol. The number of nitrogens with zero attached hydrogens (tertiary/aromatic N) is 1. The fourth-order valence-corrected chi connectivity index (χ4v) is 3.96. The molecule has 1 aromatic rings. The number of fused-ring (bicyclic) bond motifs is 1. The van der Waals surface area contributed by atoms with Crippen LogP contribution >= 0.6 is 0 Å². The fraction of sp³-hybridized carbons (Fsp3) is 0.550. The van der Waals surface area contributed by atoms with Crippen molar-refractivity contribution in [1.29, 1.82) is 0 Å². The Hall–Kier alpha value is -2.37. The van der Waals surface area contributed by atoms with Crippen molar-refractivity contribution in [3.8, 4) is 0 Å². The molecular weight excluding hydrogens is 330 g/mol. The standard InChI is InChI=1S/C20H27N3O3/c1-12(2)17(22-19(25)14-8-5-4-7-13(14)3)20(26)23-10-6-9-15-16(23)11-21-18(15)24/h4-5,7-8,12,15-17H,6,9-11H2,1-3H3,(H,21,24)(H,22,25)/t15-,16-,17+/m1/s1. The van der Waals surface area contributed by atoms with E-state index in [1.165, 1.54) is 0 Å². The Kier molecular flexibility index (Phi) is 5.30. The molecule has 140 valence electrons. The lowest BCUT2D eigenvalue weighted by Gasteiger charge is -2.39. The predicted molar refractivity (Wildman–Crippen MR) is 98.5 cm³/mol. The summed E-state index contributed by atoms with van der Waals surface area (Å²) in [5.74, 6) is -0.441. The molecule has 6 heteroatoms. The van der Waals surface area contributed by atoms with Crippen molar-refractivity contribution >= 4 is 17.7 Å². The van der Waals surface area contributed by atoms with Crippen LogP contribution < -0.4 is 10.6 Å². The third-order valence-electron chi connectivity index (χ3n) is 5.49. The molecule has 2 fully saturated rings. The van der Waals surface area contributed by atoms with E-state index in [2.05, 4.69) is 10.6 Å². The van der Waals surface area contributed by atoms with E-state index in [1.54, 1.807) is 11.0 Å². The zero-order chi connectivity index (χ0) is 18.8. The summed E-state index contributed by atoms with van der Waals surface area (Å²) in [5, 5.41) is 5.79. The predicted octanol–water partition coefficient (Wildman–Crippen LogP) is 1.49. The van der Waals surface area contributed by atoms with Crippen LogP contribution in [0.5, 0.6) is 0 Å². The number of rotatable bonds is 4. The van der Waals surface area contributed by atoms with E-state index in [9.17, 15) is 14.4 Å². The number of aryl methyl sites for hydroxylation is 1. The van der Waals surface area contributed by atoms with Gasteiger partial charge in [-0.15, -0.1) is 0 Å². The van der Waals surface area contributed by atoms with Gasteiger partial charge in [-0.3, -0.25) is 14.4 Å². The van der Waals surface area contributed by atoms with E-state index in [0.29, 0.717) is 18.7 Å². The quantitative estimate of drug-likeness (QED) is 0.857. The summed E-state index contributed by atoms with van der Waals surface area (Å²) in [6, 6.07) is 6.65. The third kappa shape index (κ3) is 3.45. The number of likely N-dealkylation sites (tertiary alicyclic amines) is 1. The zero-order valence-corrected chi connectivity index (χ0v) is 15.6. The van der Waals surface area contributed by atoms with Gasteiger partial charge in [-0.2, -0.15) is 0 Å². The third-order valence-corrected chi connectivity index (χ3v) is 5.49. The van der Waals surface area contributed by atoms with Crippen LogP contribution in [-0.2, 0) is 9.59 Å². The molecule has 2 aliphatic rings. The van der Waals surface area contributed by atoms with Crippen molar-refractivity contribution in [2.24, 2.45) is 11.8 Å². The van der Waals surface area contributed by atoms with Gasteiger partial charge in [0.25, 0.3) is 5.91 Å². The molecule has 0 aromatic heterocycles. The highest BCUT2D eigenvalue weighted by molar-refractivity contribution is 5.99. The number of benzene rings is 1. The van der Waals surface area contributed by atoms with E-state index in [-0.39, 0.29) is 35.6 Å². The molecule has 2 aliphatic heterocycles. The summed E-state index contributed by atoms with van der Waals surface area (Å²) in [4.78, 5) is 39.7. The second kappa shape index (κ2) is 7.48. The van der Waals surface area contributed by atoms with Gasteiger partial charge in [0.1, 0.15) is 6.04 Å². The SMILES string of the molecule is Cc1ccccc1C(=O)N[C@H](C(=O)N1CCC[C@H]2C(=O)NC[C@H]21)C(C)C. The van der Waals surface area contributed by atoms with Crippen LogP contribution in [0.3, 0.4) is 0 Å². The van der Waals surface area contributed by atoms with Gasteiger partial charge in [-0.25, -0.2) is 0 Å². The summed E-state index contributed by atoms with van der Waals surface area (Å²) in [5.41, 5.74) is 1.46. The maximum absolute atomic E-state index is 13.2. The Labute approximate surface area is 154 Å². The second-order valence-corrected chi connectivity index (χ2v) is 7.60. The molecule has 3 atom stereocenters. The van der Waals surface area contributed by atoms with Crippen LogP contribution in [0.1, 0.15) is 42.6 Å². The van der Waals surface area contributed by atoms with Crippen molar-refractivity contribution in [3.63, 3.8) is 0 Å². The summed E-state index contributed by atoms with van der Waals surface area (Å²) in [6.45, 7) is 6.89. The van der Waals surface area contributed by atoms with Gasteiger partial charge in [0, 0.05) is 18.7 Å². The van der Waals surface area contributed by atoms with Crippen LogP contribution in [0, 0.1) is 18.8 Å². The summed E-state index contributed by atoms with van der Waals surface area (Å²) >= 11 is 0. The minimum absolute atomic E-state index is 0.0394. The molecule has 0 radical (unpaired) electrons. The van der Waals surface area contributed by atoms with Crippen LogP contribution in [0.25, 0.3) is 0 Å². The van der Waals surface area contributed by atoms with Gasteiger partial charge in [0.2, 0.25) is 11.8 Å². The second-order valence-electron chi connectivity index (χ2n) is 7.60. The van der Waals surface area contributed by atoms with Gasteiger partial charge >= 0.3 is 0 Å². The van der Waals surface area contributed by atoms with Crippen molar-refractivity contribution in [3.05, 3.63) is 35.4 Å². The van der Waals surface area contributed by atoms with Crippen molar-refractivity contribution in [2.75, 3.05) is 13.1 Å². The van der Waals surface area contributed by atoms with E-state index in [1.807, 2.05) is 39.0 Å². The molecule has 0 unspecified atom stereocenters. The van der Waals surface area contributed by atoms with Crippen LogP contribution in [-0.4, -0.2) is 47.8 Å². The largest absolute Gasteiger partial charge is 0.354 e. The Morgan fingerprint density at radius 1 is 1.27 bits per heavy atom. The van der Waals surface area contributed by atoms with E-state index < -0.39 is 6.04 Å². The molecule has 0 saturated carbocycles. The number of piperidine rings is 1. The number of nitrogens with one attached hydrogen (secondary N) is 2. The molecule has 2 N–H and O–H groups in total. The van der Waals surface area contributed by atoms with Crippen molar-refractivity contribution in [2.45, 2.75) is 45.7 Å². The number of hydrogen-bond donors (Lipinski definition) is 2. The number of carbonyl (C=O) groups excluding carboxylic acids is 3. The van der Waals surface area contributed by atoms with Gasteiger partial charge < -0.3 is 15.5 Å². The van der Waals surface area contributed by atoms with Gasteiger partial charge in [-0.05, 0) is 37.3 Å². The highest BCUT2D eigenvalue weighted by Crippen LogP contribution is 2.28. The van der Waals surface area contributed by atoms with E-state index in [0.717, 1.165) is 18.4 Å². The Bertz CT molecular complexity index is 716. The first kappa shape index (κ1) is 18.4. The average Bonchev–Trinajstić information content (AvgIpc) is 3.00. The van der Waals surface area contributed by atoms with Gasteiger partial charge in [0.15, 0.2) is 0 Å². The van der Waals surface area contributed by atoms with Crippen molar-refractivity contribution in [1.82, 2.24) is 15.5 Å². The molecule has 0 aliphatic carbocycles. The molecule has 3 amide bonds. The molecule has 1 aromatic carbocycles. The first-order valence-electron chi connectivity index (χ1n) is 9.35. The highest BCUT2D eigenvalue weighted by atomic mass is 16.2. The van der Waals surface area contributed by atoms with Crippen LogP contribution in [0.2, 0.25) is 0 Å². The summed E-state index contributed by atoms with van der Waals surface area (Å²) in [6.07, 6.45) is 1.64. The smallest absolute Gasteiger partial charge is 0.252 e. The van der Waals surface area contributed by atoms with Gasteiger partial charge in [-0.1, -0.05) is 32.0 Å². The lowest BCUT2D eigenvalue weighted by atomic mass is 9.90. The van der Waals surface area contributed by atoms with E-state index in [4.69, 9.17) is 0 Å². The van der Waals surface area contributed by atoms with E-state index >= 15 is 0 Å². The summed E-state index contributed by atoms with van der Waals surface area (Å²) < 4.78 is 0. The number of carbonyl (C=O) groups is 3. The fourth-order valence-electron chi connectivity index (χ4n) is 3.96. The van der Waals surface area contributed by atoms with Gasteiger partial charge in [0.05, 0.1) is 12.0 Å². The first-order valence-corrected chi connectivity index (χ1v) is 9.35. The van der Waals surface area contributed by atoms with Crippen LogP contribution in [0.4, 0.5) is 0 Å². The molecule has 3 rings (SSSR count). The average molecular weight is 357 g/mol. The Morgan fingerprint density at radius 3 is 2.69 bits per heavy atom. The highest BCUT2D eigenvalue weighted by Gasteiger charge is 2.44. The Morgan fingerprint density at radius 2 is 2.00 bits per heavy atom. The molecule has 2 saturated heterocycles. The molecule has 6 nitrogen and oxygen atoms in total. The number of hydrogen-bond acceptors (Lipinski definition) is 3. The topological polar surface area (TPSA) is 78.5 Å². The molecule has 0 spiro atoms. The zero-order valence-electron chi connectivity index (χ0n) is 15.6. The van der Waals surface area contributed by atoms with Crippen molar-refractivity contribution < 1.29 is 14.4 Å². The minimum Gasteiger partial charge on any atom is -0.354 e. The first-order chi connectivity index (χ1) is 12.4. The number of amides is 3. The maximum Gasteiger partial charge on any atom is 0.252 e. The normalized spacial score (nSPS) is 23.4. The lowest BCUT2D eigenvalue weighted by Crippen LogP contribution is -2.57. The summed E-state index contributed by atoms with van der Waals surface area (Å²) in [7, 11) is 0. The lowest BCUT2D eigenvalue weighted by molar-refractivity contribution is -0.139. The minimum atomic E-state index is -0.600.